The van der Waals surface area contributed by atoms with Crippen molar-refractivity contribution in [2.24, 2.45) is 5.10 Å². The number of rotatable bonds is 9. The third-order valence-electron chi connectivity index (χ3n) is 3.67. The van der Waals surface area contributed by atoms with Gasteiger partial charge in [0.1, 0.15) is 0 Å². The standard InChI is InChI=1S/C20H25N3O4S/c1-5-10-27-17-8-6-14(11-18(17)25-3)13-21-23-20(28)22-15-7-9-16(24-2)19(12-15)26-4/h6-9,11-13H,5,10H2,1-4H3,(H2,22,23,28)/b21-13-. The van der Waals surface area contributed by atoms with Crippen LogP contribution in [0.5, 0.6) is 23.0 Å². The van der Waals surface area contributed by atoms with Gasteiger partial charge in [0.15, 0.2) is 28.1 Å². The Kier molecular flexibility index (Phi) is 8.36. The van der Waals surface area contributed by atoms with Crippen molar-refractivity contribution in [3.63, 3.8) is 0 Å². The molecule has 0 aromatic heterocycles. The molecule has 0 aliphatic rings. The van der Waals surface area contributed by atoms with Crippen molar-refractivity contribution in [2.45, 2.75) is 13.3 Å². The number of hydrazone groups is 1. The van der Waals surface area contributed by atoms with Gasteiger partial charge in [0.25, 0.3) is 0 Å². The lowest BCUT2D eigenvalue weighted by Gasteiger charge is -2.11. The predicted molar refractivity (Wildman–Crippen MR) is 115 cm³/mol. The van der Waals surface area contributed by atoms with E-state index in [9.17, 15) is 0 Å². The van der Waals surface area contributed by atoms with Crippen molar-refractivity contribution >= 4 is 29.2 Å². The van der Waals surface area contributed by atoms with Gasteiger partial charge in [0.2, 0.25) is 0 Å². The Balaban J connectivity index is 1.96. The second-order valence-electron chi connectivity index (χ2n) is 5.65. The summed E-state index contributed by atoms with van der Waals surface area (Å²) in [5, 5.41) is 7.53. The Morgan fingerprint density at radius 3 is 2.32 bits per heavy atom. The van der Waals surface area contributed by atoms with Crippen LogP contribution in [0.4, 0.5) is 5.69 Å². The second-order valence-corrected chi connectivity index (χ2v) is 6.06. The molecule has 0 spiro atoms. The normalized spacial score (nSPS) is 10.4. The Morgan fingerprint density at radius 2 is 1.64 bits per heavy atom. The first-order chi connectivity index (χ1) is 13.6. The zero-order valence-corrected chi connectivity index (χ0v) is 17.3. The molecule has 150 valence electrons. The second kappa shape index (κ2) is 11.0. The highest BCUT2D eigenvalue weighted by atomic mass is 32.1. The third-order valence-corrected chi connectivity index (χ3v) is 3.86. The van der Waals surface area contributed by atoms with E-state index in [0.29, 0.717) is 34.7 Å². The summed E-state index contributed by atoms with van der Waals surface area (Å²) in [4.78, 5) is 0. The molecule has 2 rings (SSSR count). The Bertz CT molecular complexity index is 827. The molecule has 28 heavy (non-hydrogen) atoms. The lowest BCUT2D eigenvalue weighted by molar-refractivity contribution is 0.294. The maximum atomic E-state index is 5.64. The van der Waals surface area contributed by atoms with Gasteiger partial charge in [0, 0.05) is 11.8 Å². The van der Waals surface area contributed by atoms with Gasteiger partial charge in [-0.2, -0.15) is 5.10 Å². The number of nitrogens with one attached hydrogen (secondary N) is 2. The summed E-state index contributed by atoms with van der Waals surface area (Å²) in [6, 6.07) is 11.0. The first-order valence-corrected chi connectivity index (χ1v) is 9.15. The molecule has 0 saturated heterocycles. The van der Waals surface area contributed by atoms with Crippen molar-refractivity contribution in [2.75, 3.05) is 33.3 Å². The molecule has 0 aliphatic carbocycles. The monoisotopic (exact) mass is 403 g/mol. The molecular weight excluding hydrogens is 378 g/mol. The van der Waals surface area contributed by atoms with E-state index in [1.807, 2.05) is 24.3 Å². The molecule has 0 unspecified atom stereocenters. The molecule has 0 aliphatic heterocycles. The lowest BCUT2D eigenvalue weighted by Crippen LogP contribution is -2.23. The van der Waals surface area contributed by atoms with E-state index in [1.54, 1.807) is 39.7 Å². The summed E-state index contributed by atoms with van der Waals surface area (Å²) in [5.41, 5.74) is 4.38. The number of nitrogens with zero attached hydrogens (tertiary/aromatic N) is 1. The first-order valence-electron chi connectivity index (χ1n) is 8.74. The van der Waals surface area contributed by atoms with Crippen LogP contribution in [0.25, 0.3) is 0 Å². The molecule has 2 aromatic carbocycles. The number of methoxy groups -OCH3 is 3. The van der Waals surface area contributed by atoms with E-state index in [1.165, 1.54) is 0 Å². The van der Waals surface area contributed by atoms with Crippen molar-refractivity contribution in [3.8, 4) is 23.0 Å². The van der Waals surface area contributed by atoms with Gasteiger partial charge in [-0.1, -0.05) is 6.92 Å². The summed E-state index contributed by atoms with van der Waals surface area (Å²) in [6.45, 7) is 2.69. The molecule has 0 amide bonds. The van der Waals surface area contributed by atoms with Crippen molar-refractivity contribution in [3.05, 3.63) is 42.0 Å². The maximum Gasteiger partial charge on any atom is 0.191 e. The van der Waals surface area contributed by atoms with Gasteiger partial charge < -0.3 is 24.3 Å². The summed E-state index contributed by atoms with van der Waals surface area (Å²) in [6.07, 6.45) is 2.58. The molecule has 7 nitrogen and oxygen atoms in total. The van der Waals surface area contributed by atoms with Crippen LogP contribution in [0.1, 0.15) is 18.9 Å². The maximum absolute atomic E-state index is 5.64. The van der Waals surface area contributed by atoms with Crippen LogP contribution in [0.3, 0.4) is 0 Å². The Morgan fingerprint density at radius 1 is 0.964 bits per heavy atom. The molecule has 0 saturated carbocycles. The summed E-state index contributed by atoms with van der Waals surface area (Å²) in [7, 11) is 4.77. The minimum Gasteiger partial charge on any atom is -0.493 e. The van der Waals surface area contributed by atoms with Crippen LogP contribution >= 0.6 is 12.2 Å². The first kappa shape index (κ1) is 21.3. The van der Waals surface area contributed by atoms with Crippen molar-refractivity contribution < 1.29 is 18.9 Å². The Hall–Kier alpha value is -3.00. The largest absolute Gasteiger partial charge is 0.493 e. The highest BCUT2D eigenvalue weighted by Crippen LogP contribution is 2.30. The molecule has 2 aromatic rings. The van der Waals surface area contributed by atoms with E-state index >= 15 is 0 Å². The predicted octanol–water partition coefficient (Wildman–Crippen LogP) is 3.82. The summed E-state index contributed by atoms with van der Waals surface area (Å²) >= 11 is 5.26. The fourth-order valence-electron chi connectivity index (χ4n) is 2.33. The zero-order chi connectivity index (χ0) is 20.4. The third kappa shape index (κ3) is 6.02. The van der Waals surface area contributed by atoms with Crippen molar-refractivity contribution in [1.82, 2.24) is 5.43 Å². The van der Waals surface area contributed by atoms with Crippen LogP contribution in [0.15, 0.2) is 41.5 Å². The lowest BCUT2D eigenvalue weighted by atomic mass is 10.2. The van der Waals surface area contributed by atoms with Crippen LogP contribution < -0.4 is 29.7 Å². The highest BCUT2D eigenvalue weighted by molar-refractivity contribution is 7.80. The Labute approximate surface area is 170 Å². The number of ether oxygens (including phenoxy) is 4. The van der Waals surface area contributed by atoms with Crippen LogP contribution in [-0.4, -0.2) is 39.3 Å². The topological polar surface area (TPSA) is 73.3 Å². The number of benzene rings is 2. The molecule has 0 atom stereocenters. The smallest absolute Gasteiger partial charge is 0.191 e. The van der Waals surface area contributed by atoms with Crippen molar-refractivity contribution in [1.29, 1.82) is 0 Å². The molecule has 2 N–H and O–H groups in total. The summed E-state index contributed by atoms with van der Waals surface area (Å²) < 4.78 is 21.5. The molecule has 8 heteroatoms. The van der Waals surface area contributed by atoms with Crippen LogP contribution in [0, 0.1) is 0 Å². The molecule has 0 bridgehead atoms. The number of anilines is 1. The van der Waals surface area contributed by atoms with Crippen LogP contribution in [0.2, 0.25) is 0 Å². The minimum absolute atomic E-state index is 0.346. The van der Waals surface area contributed by atoms with Gasteiger partial charge in [0.05, 0.1) is 34.2 Å². The van der Waals surface area contributed by atoms with Crippen LogP contribution in [-0.2, 0) is 0 Å². The number of hydrogen-bond donors (Lipinski definition) is 2. The number of hydrogen-bond acceptors (Lipinski definition) is 6. The van der Waals surface area contributed by atoms with Gasteiger partial charge in [-0.3, -0.25) is 5.43 Å². The van der Waals surface area contributed by atoms with E-state index in [2.05, 4.69) is 22.8 Å². The number of thiocarbonyl (C=S) groups is 1. The average molecular weight is 404 g/mol. The molecule has 0 heterocycles. The quantitative estimate of drug-likeness (QED) is 0.375. The van der Waals surface area contributed by atoms with Gasteiger partial charge >= 0.3 is 0 Å². The molecule has 0 fully saturated rings. The fraction of sp³-hybridized carbons (Fsp3) is 0.300. The highest BCUT2D eigenvalue weighted by Gasteiger charge is 2.06. The van der Waals surface area contributed by atoms with E-state index in [0.717, 1.165) is 17.7 Å². The molecule has 0 radical (unpaired) electrons. The fourth-order valence-corrected chi connectivity index (χ4v) is 2.50. The SMILES string of the molecule is CCCOc1ccc(/C=N\NC(=S)Nc2ccc(OC)c(OC)c2)cc1OC. The molecular formula is C20H25N3O4S. The van der Waals surface area contributed by atoms with Gasteiger partial charge in [-0.15, -0.1) is 0 Å². The van der Waals surface area contributed by atoms with Gasteiger partial charge in [-0.25, -0.2) is 0 Å². The zero-order valence-electron chi connectivity index (χ0n) is 16.4. The van der Waals surface area contributed by atoms with E-state index in [-0.39, 0.29) is 0 Å². The van der Waals surface area contributed by atoms with Gasteiger partial charge in [-0.05, 0) is 54.5 Å². The van der Waals surface area contributed by atoms with E-state index < -0.39 is 0 Å². The average Bonchev–Trinajstić information content (AvgIpc) is 2.72. The minimum atomic E-state index is 0.346. The summed E-state index contributed by atoms with van der Waals surface area (Å²) in [5.74, 6) is 2.62. The van der Waals surface area contributed by atoms with E-state index in [4.69, 9.17) is 31.2 Å².